The summed E-state index contributed by atoms with van der Waals surface area (Å²) in [6.07, 6.45) is -1.46. The first-order valence-corrected chi connectivity index (χ1v) is 5.83. The molecule has 0 saturated carbocycles. The van der Waals surface area contributed by atoms with Gasteiger partial charge in [-0.3, -0.25) is 5.10 Å². The highest BCUT2D eigenvalue weighted by Crippen LogP contribution is 2.30. The second-order valence-electron chi connectivity index (χ2n) is 4.98. The zero-order valence-corrected chi connectivity index (χ0v) is 11.3. The molecule has 112 valence electrons. The Hall–Kier alpha value is -1.99. The summed E-state index contributed by atoms with van der Waals surface area (Å²) >= 11 is 0. The molecule has 0 aromatic carbocycles. The first kappa shape index (κ1) is 16.1. The fraction of sp³-hybridized carbons (Fsp3) is 0.500. The predicted octanol–water partition coefficient (Wildman–Crippen LogP) is 2.97. The van der Waals surface area contributed by atoms with Crippen LogP contribution in [0.5, 0.6) is 0 Å². The van der Waals surface area contributed by atoms with Crippen molar-refractivity contribution in [3.8, 4) is 0 Å². The summed E-state index contributed by atoms with van der Waals surface area (Å²) in [5.74, 6) is 0. The SMILES string of the molecule is CC(C)(C)OC(=O)NCC=Cc1cn[nH]c1C(F)(F)F. The fourth-order valence-electron chi connectivity index (χ4n) is 1.29. The van der Waals surface area contributed by atoms with Crippen molar-refractivity contribution in [1.29, 1.82) is 0 Å². The van der Waals surface area contributed by atoms with Gasteiger partial charge in [-0.25, -0.2) is 4.79 Å². The summed E-state index contributed by atoms with van der Waals surface area (Å²) in [5, 5.41) is 7.63. The van der Waals surface area contributed by atoms with Gasteiger partial charge in [0.15, 0.2) is 0 Å². The van der Waals surface area contributed by atoms with Gasteiger partial charge >= 0.3 is 12.3 Å². The van der Waals surface area contributed by atoms with Crippen LogP contribution in [-0.4, -0.2) is 28.4 Å². The van der Waals surface area contributed by atoms with Crippen LogP contribution in [0.4, 0.5) is 18.0 Å². The number of aromatic nitrogens is 2. The average Bonchev–Trinajstić information content (AvgIpc) is 2.69. The van der Waals surface area contributed by atoms with Crippen molar-refractivity contribution >= 4 is 12.2 Å². The number of amides is 1. The normalized spacial score (nSPS) is 12.7. The molecule has 1 heterocycles. The minimum Gasteiger partial charge on any atom is -0.444 e. The van der Waals surface area contributed by atoms with Gasteiger partial charge in [-0.2, -0.15) is 18.3 Å². The van der Waals surface area contributed by atoms with Crippen LogP contribution in [0.2, 0.25) is 0 Å². The lowest BCUT2D eigenvalue weighted by Gasteiger charge is -2.19. The van der Waals surface area contributed by atoms with E-state index in [1.165, 1.54) is 12.2 Å². The molecule has 0 unspecified atom stereocenters. The minimum absolute atomic E-state index is 0.0530. The van der Waals surface area contributed by atoms with Crippen molar-refractivity contribution in [2.24, 2.45) is 0 Å². The van der Waals surface area contributed by atoms with Gasteiger partial charge in [-0.1, -0.05) is 12.2 Å². The molecule has 1 aromatic rings. The van der Waals surface area contributed by atoms with Gasteiger partial charge in [-0.15, -0.1) is 0 Å². The van der Waals surface area contributed by atoms with Crippen LogP contribution in [0.1, 0.15) is 32.0 Å². The third kappa shape index (κ3) is 5.33. The lowest BCUT2D eigenvalue weighted by atomic mass is 10.2. The maximum absolute atomic E-state index is 12.5. The van der Waals surface area contributed by atoms with Gasteiger partial charge in [-0.05, 0) is 20.8 Å². The number of halogens is 3. The average molecular weight is 291 g/mol. The van der Waals surface area contributed by atoms with Crippen molar-refractivity contribution in [3.63, 3.8) is 0 Å². The molecule has 5 nitrogen and oxygen atoms in total. The molecule has 0 spiro atoms. The van der Waals surface area contributed by atoms with Crippen LogP contribution in [0.3, 0.4) is 0 Å². The molecule has 0 atom stereocenters. The smallest absolute Gasteiger partial charge is 0.433 e. The zero-order chi connectivity index (χ0) is 15.4. The quantitative estimate of drug-likeness (QED) is 0.899. The van der Waals surface area contributed by atoms with E-state index >= 15 is 0 Å². The number of rotatable bonds is 3. The first-order chi connectivity index (χ1) is 9.09. The number of nitrogens with zero attached hydrogens (tertiary/aromatic N) is 1. The van der Waals surface area contributed by atoms with Crippen LogP contribution in [0.25, 0.3) is 6.08 Å². The molecule has 8 heteroatoms. The molecular weight excluding hydrogens is 275 g/mol. The van der Waals surface area contributed by atoms with Gasteiger partial charge in [0.2, 0.25) is 0 Å². The Bertz CT molecular complexity index is 487. The van der Waals surface area contributed by atoms with E-state index in [4.69, 9.17) is 4.74 Å². The van der Waals surface area contributed by atoms with Crippen LogP contribution in [0.15, 0.2) is 12.3 Å². The number of aromatic amines is 1. The first-order valence-electron chi connectivity index (χ1n) is 5.83. The molecule has 1 amide bonds. The predicted molar refractivity (Wildman–Crippen MR) is 66.9 cm³/mol. The standard InChI is InChI=1S/C12H16F3N3O2/c1-11(2,3)20-10(19)16-6-4-5-8-7-17-18-9(8)12(13,14)15/h4-5,7H,6H2,1-3H3,(H,16,19)(H,17,18). The van der Waals surface area contributed by atoms with E-state index in [1.54, 1.807) is 20.8 Å². The number of alkyl halides is 3. The van der Waals surface area contributed by atoms with Crippen molar-refractivity contribution in [3.05, 3.63) is 23.5 Å². The third-order valence-corrected chi connectivity index (χ3v) is 2.01. The third-order valence-electron chi connectivity index (χ3n) is 2.01. The van der Waals surface area contributed by atoms with E-state index in [-0.39, 0.29) is 12.1 Å². The number of hydrogen-bond acceptors (Lipinski definition) is 3. The number of carbonyl (C=O) groups excluding carboxylic acids is 1. The van der Waals surface area contributed by atoms with E-state index in [0.29, 0.717) is 0 Å². The van der Waals surface area contributed by atoms with E-state index in [2.05, 4.69) is 10.4 Å². The summed E-state index contributed by atoms with van der Waals surface area (Å²) in [4.78, 5) is 11.3. The van der Waals surface area contributed by atoms with Crippen molar-refractivity contribution in [2.45, 2.75) is 32.5 Å². The molecule has 2 N–H and O–H groups in total. The molecule has 0 saturated heterocycles. The summed E-state index contributed by atoms with van der Waals surface area (Å²) < 4.78 is 42.5. The molecule has 1 aromatic heterocycles. The summed E-state index contributed by atoms with van der Waals surface area (Å²) in [6.45, 7) is 5.19. The van der Waals surface area contributed by atoms with Gasteiger partial charge in [0.05, 0.1) is 6.20 Å². The molecule has 0 bridgehead atoms. The summed E-state index contributed by atoms with van der Waals surface area (Å²) in [5.41, 5.74) is -1.64. The lowest BCUT2D eigenvalue weighted by molar-refractivity contribution is -0.141. The number of carbonyl (C=O) groups is 1. The second kappa shape index (κ2) is 5.98. The van der Waals surface area contributed by atoms with Gasteiger partial charge in [0.1, 0.15) is 11.3 Å². The van der Waals surface area contributed by atoms with E-state index in [0.717, 1.165) is 6.20 Å². The molecule has 0 aliphatic heterocycles. The van der Waals surface area contributed by atoms with Crippen molar-refractivity contribution in [1.82, 2.24) is 15.5 Å². The van der Waals surface area contributed by atoms with E-state index in [9.17, 15) is 18.0 Å². The van der Waals surface area contributed by atoms with Gasteiger partial charge < -0.3 is 10.1 Å². The topological polar surface area (TPSA) is 67.0 Å². The lowest BCUT2D eigenvalue weighted by Crippen LogP contribution is -2.32. The summed E-state index contributed by atoms with van der Waals surface area (Å²) in [7, 11) is 0. The van der Waals surface area contributed by atoms with Crippen LogP contribution >= 0.6 is 0 Å². The monoisotopic (exact) mass is 291 g/mol. The second-order valence-corrected chi connectivity index (χ2v) is 4.98. The molecule has 20 heavy (non-hydrogen) atoms. The van der Waals surface area contributed by atoms with Gasteiger partial charge in [0.25, 0.3) is 0 Å². The highest BCUT2D eigenvalue weighted by atomic mass is 19.4. The Balaban J connectivity index is 2.51. The Morgan fingerprint density at radius 1 is 1.45 bits per heavy atom. The number of hydrogen-bond donors (Lipinski definition) is 2. The Morgan fingerprint density at radius 2 is 2.10 bits per heavy atom. The van der Waals surface area contributed by atoms with Crippen molar-refractivity contribution in [2.75, 3.05) is 6.54 Å². The number of alkyl carbamates (subject to hydrolysis) is 1. The Morgan fingerprint density at radius 3 is 2.65 bits per heavy atom. The highest BCUT2D eigenvalue weighted by Gasteiger charge is 2.34. The molecule has 0 fully saturated rings. The van der Waals surface area contributed by atoms with E-state index < -0.39 is 23.6 Å². The minimum atomic E-state index is -4.49. The Kier molecular flexibility index (Phi) is 4.80. The molecule has 0 radical (unpaired) electrons. The largest absolute Gasteiger partial charge is 0.444 e. The highest BCUT2D eigenvalue weighted by molar-refractivity contribution is 5.68. The number of ether oxygens (including phenoxy) is 1. The van der Waals surface area contributed by atoms with Crippen LogP contribution < -0.4 is 5.32 Å². The van der Waals surface area contributed by atoms with Crippen LogP contribution in [0, 0.1) is 0 Å². The molecule has 0 aliphatic carbocycles. The maximum atomic E-state index is 12.5. The van der Waals surface area contributed by atoms with E-state index in [1.807, 2.05) is 5.10 Å². The zero-order valence-electron chi connectivity index (χ0n) is 11.3. The maximum Gasteiger partial charge on any atom is 0.433 e. The van der Waals surface area contributed by atoms with Gasteiger partial charge in [0, 0.05) is 12.1 Å². The Labute approximate surface area is 114 Å². The summed E-state index contributed by atoms with van der Waals surface area (Å²) in [6, 6.07) is 0. The molecular formula is C12H16F3N3O2. The van der Waals surface area contributed by atoms with Crippen molar-refractivity contribution < 1.29 is 22.7 Å². The van der Waals surface area contributed by atoms with Crippen LogP contribution in [-0.2, 0) is 10.9 Å². The fourth-order valence-corrected chi connectivity index (χ4v) is 1.29. The molecule has 1 rings (SSSR count). The number of H-pyrrole nitrogens is 1. The number of nitrogens with one attached hydrogen (secondary N) is 2. The molecule has 0 aliphatic rings.